The first-order valence-corrected chi connectivity index (χ1v) is 6.33. The fourth-order valence-corrected chi connectivity index (χ4v) is 2.16. The summed E-state index contributed by atoms with van der Waals surface area (Å²) in [6, 6.07) is 10.8. The lowest BCUT2D eigenvalue weighted by molar-refractivity contribution is 0.822. The van der Waals surface area contributed by atoms with E-state index in [1.165, 1.54) is 5.56 Å². The van der Waals surface area contributed by atoms with Crippen molar-refractivity contribution < 1.29 is 0 Å². The largest absolute Gasteiger partial charge is 0.341 e. The Morgan fingerprint density at radius 1 is 1.33 bits per heavy atom. The average Bonchev–Trinajstić information content (AvgIpc) is 3.08. The van der Waals surface area contributed by atoms with Crippen LogP contribution in [0.1, 0.15) is 31.2 Å². The lowest BCUT2D eigenvalue weighted by Crippen LogP contribution is -2.04. The third kappa shape index (κ3) is 1.70. The summed E-state index contributed by atoms with van der Waals surface area (Å²) in [5.41, 5.74) is 3.12. The molecule has 1 aromatic carbocycles. The Hall–Kier alpha value is -2.08. The van der Waals surface area contributed by atoms with Crippen molar-refractivity contribution in [3.63, 3.8) is 0 Å². The molecule has 1 aliphatic rings. The number of hydrogen-bond donors (Lipinski definition) is 1. The fourth-order valence-electron chi connectivity index (χ4n) is 2.16. The maximum atomic E-state index is 9.15. The summed E-state index contributed by atoms with van der Waals surface area (Å²) >= 11 is 0. The van der Waals surface area contributed by atoms with E-state index in [0.29, 0.717) is 0 Å². The van der Waals surface area contributed by atoms with Crippen molar-refractivity contribution in [3.8, 4) is 17.3 Å². The van der Waals surface area contributed by atoms with Gasteiger partial charge in [-0.1, -0.05) is 31.2 Å². The molecule has 3 nitrogen and oxygen atoms in total. The molecule has 0 bridgehead atoms. The second-order valence-corrected chi connectivity index (χ2v) is 4.89. The molecule has 2 aromatic rings. The van der Waals surface area contributed by atoms with Crippen LogP contribution in [-0.4, -0.2) is 9.97 Å². The quantitative estimate of drug-likeness (QED) is 0.891. The van der Waals surface area contributed by atoms with E-state index in [1.54, 1.807) is 0 Å². The van der Waals surface area contributed by atoms with Gasteiger partial charge in [0.05, 0.1) is 18.0 Å². The maximum Gasteiger partial charge on any atom is 0.127 e. The minimum absolute atomic E-state index is 0.332. The Morgan fingerprint density at radius 3 is 2.61 bits per heavy atom. The van der Waals surface area contributed by atoms with Gasteiger partial charge in [-0.2, -0.15) is 5.26 Å². The van der Waals surface area contributed by atoms with Crippen LogP contribution in [0.25, 0.3) is 11.3 Å². The Kier molecular flexibility index (Phi) is 2.45. The minimum atomic E-state index is -0.332. The second-order valence-electron chi connectivity index (χ2n) is 4.89. The summed E-state index contributed by atoms with van der Waals surface area (Å²) in [5, 5.41) is 9.15. The molecular weight excluding hydrogens is 222 g/mol. The van der Waals surface area contributed by atoms with Gasteiger partial charge in [0.15, 0.2) is 0 Å². The van der Waals surface area contributed by atoms with Crippen LogP contribution in [-0.2, 0) is 11.8 Å². The first-order chi connectivity index (χ1) is 8.77. The summed E-state index contributed by atoms with van der Waals surface area (Å²) in [5.74, 6) is 0.819. The van der Waals surface area contributed by atoms with Gasteiger partial charge in [-0.15, -0.1) is 0 Å². The lowest BCUT2D eigenvalue weighted by atomic mass is 10.1. The number of imidazole rings is 1. The van der Waals surface area contributed by atoms with Crippen molar-refractivity contribution >= 4 is 0 Å². The number of aromatic nitrogens is 2. The monoisotopic (exact) mass is 237 g/mol. The number of aryl methyl sites for hydroxylation is 1. The number of benzene rings is 1. The molecule has 18 heavy (non-hydrogen) atoms. The predicted molar refractivity (Wildman–Crippen MR) is 69.9 cm³/mol. The number of H-pyrrole nitrogens is 1. The number of nitrogens with one attached hydrogen (secondary N) is 1. The normalized spacial score (nSPS) is 16.2. The molecule has 1 heterocycles. The number of rotatable bonds is 3. The van der Waals surface area contributed by atoms with Gasteiger partial charge in [0, 0.05) is 0 Å². The van der Waals surface area contributed by atoms with Crippen molar-refractivity contribution in [2.75, 3.05) is 0 Å². The smallest absolute Gasteiger partial charge is 0.127 e. The van der Waals surface area contributed by atoms with Crippen molar-refractivity contribution in [2.45, 2.75) is 31.6 Å². The van der Waals surface area contributed by atoms with Crippen LogP contribution < -0.4 is 0 Å². The van der Waals surface area contributed by atoms with Gasteiger partial charge in [-0.05, 0) is 30.4 Å². The molecule has 1 aromatic heterocycles. The fraction of sp³-hybridized carbons (Fsp3) is 0.333. The van der Waals surface area contributed by atoms with Crippen LogP contribution >= 0.6 is 0 Å². The molecule has 1 aliphatic carbocycles. The first kappa shape index (κ1) is 11.0. The molecule has 0 unspecified atom stereocenters. The van der Waals surface area contributed by atoms with E-state index in [-0.39, 0.29) is 5.41 Å². The molecule has 1 saturated carbocycles. The number of nitriles is 1. The summed E-state index contributed by atoms with van der Waals surface area (Å²) in [6.07, 6.45) is 4.72. The number of hydrogen-bond acceptors (Lipinski definition) is 2. The first-order valence-electron chi connectivity index (χ1n) is 6.33. The lowest BCUT2D eigenvalue weighted by Gasteiger charge is -2.01. The SMILES string of the molecule is CCc1ccc(-c2cnc(C3(C#N)CC3)[nH]2)cc1. The standard InChI is InChI=1S/C15H15N3/c1-2-11-3-5-12(6-4-11)13-9-17-14(18-13)15(10-16)7-8-15/h3-6,9H,2,7-8H2,1H3,(H,17,18). The molecule has 3 rings (SSSR count). The molecule has 0 atom stereocenters. The van der Waals surface area contributed by atoms with Crippen LogP contribution in [0.5, 0.6) is 0 Å². The zero-order valence-corrected chi connectivity index (χ0v) is 10.4. The van der Waals surface area contributed by atoms with Crippen molar-refractivity contribution in [1.82, 2.24) is 9.97 Å². The number of aromatic amines is 1. The van der Waals surface area contributed by atoms with Crippen LogP contribution in [0.15, 0.2) is 30.5 Å². The predicted octanol–water partition coefficient (Wildman–Crippen LogP) is 3.19. The molecule has 0 saturated heterocycles. The van der Waals surface area contributed by atoms with E-state index in [0.717, 1.165) is 36.3 Å². The average molecular weight is 237 g/mol. The summed E-state index contributed by atoms with van der Waals surface area (Å²) in [6.45, 7) is 2.15. The van der Waals surface area contributed by atoms with Crippen molar-refractivity contribution in [2.24, 2.45) is 0 Å². The topological polar surface area (TPSA) is 52.5 Å². The summed E-state index contributed by atoms with van der Waals surface area (Å²) < 4.78 is 0. The zero-order chi connectivity index (χ0) is 12.6. The Bertz CT molecular complexity index is 597. The van der Waals surface area contributed by atoms with Gasteiger partial charge in [-0.25, -0.2) is 4.98 Å². The molecule has 3 heteroatoms. The molecule has 90 valence electrons. The molecule has 1 N–H and O–H groups in total. The maximum absolute atomic E-state index is 9.15. The summed E-state index contributed by atoms with van der Waals surface area (Å²) in [7, 11) is 0. The van der Waals surface area contributed by atoms with Gasteiger partial charge < -0.3 is 4.98 Å². The van der Waals surface area contributed by atoms with Crippen LogP contribution in [0.4, 0.5) is 0 Å². The van der Waals surface area contributed by atoms with Gasteiger partial charge in [0.2, 0.25) is 0 Å². The Balaban J connectivity index is 1.91. The van der Waals surface area contributed by atoms with Gasteiger partial charge in [0.25, 0.3) is 0 Å². The third-order valence-electron chi connectivity index (χ3n) is 3.67. The molecule has 1 fully saturated rings. The Labute approximate surface area is 106 Å². The molecule has 0 spiro atoms. The molecular formula is C15H15N3. The van der Waals surface area contributed by atoms with Crippen LogP contribution in [0.3, 0.4) is 0 Å². The van der Waals surface area contributed by atoms with Gasteiger partial charge >= 0.3 is 0 Å². The highest BCUT2D eigenvalue weighted by Crippen LogP contribution is 2.46. The van der Waals surface area contributed by atoms with E-state index >= 15 is 0 Å². The van der Waals surface area contributed by atoms with Crippen LogP contribution in [0.2, 0.25) is 0 Å². The van der Waals surface area contributed by atoms with E-state index in [1.807, 2.05) is 6.20 Å². The Morgan fingerprint density at radius 2 is 2.06 bits per heavy atom. The van der Waals surface area contributed by atoms with Crippen molar-refractivity contribution in [3.05, 3.63) is 41.9 Å². The van der Waals surface area contributed by atoms with E-state index < -0.39 is 0 Å². The van der Waals surface area contributed by atoms with Gasteiger partial charge in [0.1, 0.15) is 11.2 Å². The highest BCUT2D eigenvalue weighted by molar-refractivity contribution is 5.59. The van der Waals surface area contributed by atoms with E-state index in [2.05, 4.69) is 47.2 Å². The third-order valence-corrected chi connectivity index (χ3v) is 3.67. The van der Waals surface area contributed by atoms with Crippen LogP contribution in [0, 0.1) is 11.3 Å². The zero-order valence-electron chi connectivity index (χ0n) is 10.4. The summed E-state index contributed by atoms with van der Waals surface area (Å²) in [4.78, 5) is 7.65. The van der Waals surface area contributed by atoms with Gasteiger partial charge in [-0.3, -0.25) is 0 Å². The second kappa shape index (κ2) is 3.99. The van der Waals surface area contributed by atoms with E-state index in [4.69, 9.17) is 5.26 Å². The molecule has 0 aliphatic heterocycles. The minimum Gasteiger partial charge on any atom is -0.341 e. The number of nitrogens with zero attached hydrogens (tertiary/aromatic N) is 2. The molecule has 0 radical (unpaired) electrons. The molecule has 0 amide bonds. The van der Waals surface area contributed by atoms with E-state index in [9.17, 15) is 0 Å². The highest BCUT2D eigenvalue weighted by Gasteiger charge is 2.47. The van der Waals surface area contributed by atoms with Crippen molar-refractivity contribution in [1.29, 1.82) is 5.26 Å². The highest BCUT2D eigenvalue weighted by atomic mass is 15.0.